The van der Waals surface area contributed by atoms with Gasteiger partial charge in [-0.2, -0.15) is 0 Å². The van der Waals surface area contributed by atoms with E-state index in [1.807, 2.05) is 6.07 Å². The van der Waals surface area contributed by atoms with Crippen LogP contribution in [0.3, 0.4) is 0 Å². The van der Waals surface area contributed by atoms with E-state index in [1.54, 1.807) is 12.4 Å². The van der Waals surface area contributed by atoms with E-state index in [9.17, 15) is 0 Å². The molecule has 2 rings (SSSR count). The summed E-state index contributed by atoms with van der Waals surface area (Å²) in [6.45, 7) is 4.37. The number of nitrogens with two attached hydrogens (primary N) is 1. The fourth-order valence-corrected chi connectivity index (χ4v) is 2.18. The van der Waals surface area contributed by atoms with Crippen molar-refractivity contribution < 1.29 is 0 Å². The van der Waals surface area contributed by atoms with Crippen LogP contribution >= 0.6 is 0 Å². The summed E-state index contributed by atoms with van der Waals surface area (Å²) in [5.41, 5.74) is 5.90. The largest absolute Gasteiger partial charge is 0.367 e. The van der Waals surface area contributed by atoms with Crippen LogP contribution in [0.15, 0.2) is 25.0 Å². The van der Waals surface area contributed by atoms with Crippen LogP contribution in [0.25, 0.3) is 0 Å². The molecule has 0 radical (unpaired) electrons. The third-order valence-corrected chi connectivity index (χ3v) is 3.22. The fourth-order valence-electron chi connectivity index (χ4n) is 2.18. The van der Waals surface area contributed by atoms with Crippen LogP contribution in [-0.2, 0) is 0 Å². The highest BCUT2D eigenvalue weighted by Crippen LogP contribution is 2.20. The Labute approximate surface area is 108 Å². The molecule has 0 unspecified atom stereocenters. The lowest BCUT2D eigenvalue weighted by atomic mass is 9.92. The van der Waals surface area contributed by atoms with Crippen molar-refractivity contribution in [2.75, 3.05) is 17.2 Å². The van der Waals surface area contributed by atoms with Gasteiger partial charge in [-0.25, -0.2) is 9.97 Å². The lowest BCUT2D eigenvalue weighted by Gasteiger charge is -2.27. The van der Waals surface area contributed by atoms with Crippen LogP contribution in [0, 0.1) is 0 Å². The Hall–Kier alpha value is -1.62. The standard InChI is InChI=1S/C13H21N5/c1-2-7-15-12-8-13(17-9-16-12)18-11-5-3-10(14)4-6-11/h2,8-11H,1,3-7,14H2,(H2,15,16,17,18). The zero-order chi connectivity index (χ0) is 12.8. The van der Waals surface area contributed by atoms with Gasteiger partial charge in [0.15, 0.2) is 0 Å². The lowest BCUT2D eigenvalue weighted by molar-refractivity contribution is 0.410. The molecule has 1 heterocycles. The molecule has 4 N–H and O–H groups in total. The van der Waals surface area contributed by atoms with Gasteiger partial charge in [-0.05, 0) is 25.7 Å². The zero-order valence-electron chi connectivity index (χ0n) is 10.6. The van der Waals surface area contributed by atoms with E-state index in [0.29, 0.717) is 18.6 Å². The highest BCUT2D eigenvalue weighted by molar-refractivity contribution is 5.47. The molecule has 1 aliphatic rings. The molecule has 5 nitrogen and oxygen atoms in total. The van der Waals surface area contributed by atoms with Crippen molar-refractivity contribution in [1.29, 1.82) is 0 Å². The third-order valence-electron chi connectivity index (χ3n) is 3.22. The summed E-state index contributed by atoms with van der Waals surface area (Å²) in [6, 6.07) is 2.78. The maximum Gasteiger partial charge on any atom is 0.131 e. The zero-order valence-corrected chi connectivity index (χ0v) is 10.6. The summed E-state index contributed by atoms with van der Waals surface area (Å²) in [6.07, 6.45) is 7.77. The number of hydrogen-bond acceptors (Lipinski definition) is 5. The van der Waals surface area contributed by atoms with E-state index in [0.717, 1.165) is 37.3 Å². The Morgan fingerprint density at radius 2 is 2.00 bits per heavy atom. The summed E-state index contributed by atoms with van der Waals surface area (Å²) >= 11 is 0. The van der Waals surface area contributed by atoms with E-state index in [1.165, 1.54) is 0 Å². The number of anilines is 2. The quantitative estimate of drug-likeness (QED) is 0.691. The topological polar surface area (TPSA) is 75.9 Å². The molecule has 1 aliphatic carbocycles. The normalized spacial score (nSPS) is 23.4. The molecule has 1 fully saturated rings. The van der Waals surface area contributed by atoms with Gasteiger partial charge >= 0.3 is 0 Å². The van der Waals surface area contributed by atoms with Crippen molar-refractivity contribution in [1.82, 2.24) is 9.97 Å². The SMILES string of the molecule is C=CCNc1cc(NC2CCC(N)CC2)ncn1. The number of aromatic nitrogens is 2. The van der Waals surface area contributed by atoms with E-state index in [4.69, 9.17) is 5.73 Å². The van der Waals surface area contributed by atoms with Gasteiger partial charge < -0.3 is 16.4 Å². The Bertz CT molecular complexity index is 385. The maximum absolute atomic E-state index is 5.90. The van der Waals surface area contributed by atoms with E-state index in [2.05, 4.69) is 27.2 Å². The molecule has 1 aromatic rings. The summed E-state index contributed by atoms with van der Waals surface area (Å²) in [5, 5.41) is 6.60. The minimum Gasteiger partial charge on any atom is -0.367 e. The van der Waals surface area contributed by atoms with Crippen molar-refractivity contribution in [3.8, 4) is 0 Å². The molecule has 18 heavy (non-hydrogen) atoms. The van der Waals surface area contributed by atoms with Gasteiger partial charge in [0.2, 0.25) is 0 Å². The minimum absolute atomic E-state index is 0.373. The molecule has 0 atom stereocenters. The maximum atomic E-state index is 5.90. The van der Waals surface area contributed by atoms with E-state index >= 15 is 0 Å². The summed E-state index contributed by atoms with van der Waals surface area (Å²) in [7, 11) is 0. The fraction of sp³-hybridized carbons (Fsp3) is 0.538. The second kappa shape index (κ2) is 6.35. The first kappa shape index (κ1) is 12.8. The monoisotopic (exact) mass is 247 g/mol. The van der Waals surface area contributed by atoms with E-state index < -0.39 is 0 Å². The Balaban J connectivity index is 1.90. The molecule has 0 aliphatic heterocycles. The van der Waals surface area contributed by atoms with Crippen LogP contribution in [0.5, 0.6) is 0 Å². The van der Waals surface area contributed by atoms with Gasteiger partial charge in [0.1, 0.15) is 18.0 Å². The first-order chi connectivity index (χ1) is 8.78. The van der Waals surface area contributed by atoms with Crippen molar-refractivity contribution >= 4 is 11.6 Å². The van der Waals surface area contributed by atoms with Gasteiger partial charge in [-0.1, -0.05) is 6.08 Å². The van der Waals surface area contributed by atoms with Crippen molar-refractivity contribution in [2.24, 2.45) is 5.73 Å². The van der Waals surface area contributed by atoms with Crippen molar-refractivity contribution in [3.05, 3.63) is 25.0 Å². The van der Waals surface area contributed by atoms with Gasteiger partial charge in [0.05, 0.1) is 0 Å². The third kappa shape index (κ3) is 3.70. The number of rotatable bonds is 5. The first-order valence-corrected chi connectivity index (χ1v) is 6.47. The molecule has 1 aromatic heterocycles. The van der Waals surface area contributed by atoms with Crippen molar-refractivity contribution in [2.45, 2.75) is 37.8 Å². The Morgan fingerprint density at radius 3 is 2.72 bits per heavy atom. The average molecular weight is 247 g/mol. The van der Waals surface area contributed by atoms with Crippen LogP contribution in [0.2, 0.25) is 0 Å². The van der Waals surface area contributed by atoms with Gasteiger partial charge in [0.25, 0.3) is 0 Å². The molecule has 0 amide bonds. The van der Waals surface area contributed by atoms with E-state index in [-0.39, 0.29) is 0 Å². The smallest absolute Gasteiger partial charge is 0.131 e. The molecule has 0 spiro atoms. The summed E-state index contributed by atoms with van der Waals surface area (Å²) in [4.78, 5) is 8.39. The van der Waals surface area contributed by atoms with Crippen LogP contribution in [0.4, 0.5) is 11.6 Å². The number of nitrogens with one attached hydrogen (secondary N) is 2. The van der Waals surface area contributed by atoms with Gasteiger partial charge in [0, 0.05) is 24.7 Å². The highest BCUT2D eigenvalue weighted by atomic mass is 15.1. The summed E-state index contributed by atoms with van der Waals surface area (Å²) in [5.74, 6) is 1.69. The lowest BCUT2D eigenvalue weighted by Crippen LogP contribution is -2.33. The molecule has 0 bridgehead atoms. The number of hydrogen-bond donors (Lipinski definition) is 3. The van der Waals surface area contributed by atoms with Crippen LogP contribution in [-0.4, -0.2) is 28.6 Å². The second-order valence-electron chi connectivity index (χ2n) is 4.71. The van der Waals surface area contributed by atoms with Gasteiger partial charge in [-0.3, -0.25) is 0 Å². The van der Waals surface area contributed by atoms with Crippen LogP contribution < -0.4 is 16.4 Å². The Kier molecular flexibility index (Phi) is 4.52. The Morgan fingerprint density at radius 1 is 1.28 bits per heavy atom. The number of nitrogens with zero attached hydrogens (tertiary/aromatic N) is 2. The molecule has 0 saturated heterocycles. The molecular weight excluding hydrogens is 226 g/mol. The summed E-state index contributed by atoms with van der Waals surface area (Å²) < 4.78 is 0. The minimum atomic E-state index is 0.373. The van der Waals surface area contributed by atoms with Gasteiger partial charge in [-0.15, -0.1) is 6.58 Å². The molecule has 5 heteroatoms. The predicted molar refractivity (Wildman–Crippen MR) is 74.6 cm³/mol. The molecule has 98 valence electrons. The first-order valence-electron chi connectivity index (χ1n) is 6.47. The van der Waals surface area contributed by atoms with Crippen LogP contribution in [0.1, 0.15) is 25.7 Å². The predicted octanol–water partition coefficient (Wildman–Crippen LogP) is 1.76. The molecular formula is C13H21N5. The second-order valence-corrected chi connectivity index (χ2v) is 4.71. The molecule has 1 saturated carbocycles. The highest BCUT2D eigenvalue weighted by Gasteiger charge is 2.18. The molecule has 0 aromatic carbocycles. The van der Waals surface area contributed by atoms with Crippen molar-refractivity contribution in [3.63, 3.8) is 0 Å². The average Bonchev–Trinajstić information content (AvgIpc) is 2.40.